The molecule has 9 heteroatoms. The molecule has 1 saturated heterocycles. The highest BCUT2D eigenvalue weighted by atomic mass is 19.4. The molecule has 32 heavy (non-hydrogen) atoms. The topological polar surface area (TPSA) is 68.0 Å². The molecule has 1 amide bonds. The Morgan fingerprint density at radius 2 is 1.88 bits per heavy atom. The minimum atomic E-state index is -4.64. The van der Waals surface area contributed by atoms with E-state index in [0.29, 0.717) is 6.54 Å². The Kier molecular flexibility index (Phi) is 9.02. The summed E-state index contributed by atoms with van der Waals surface area (Å²) in [4.78, 5) is 15.7. The number of alkyl halides is 3. The van der Waals surface area contributed by atoms with Crippen LogP contribution < -0.4 is 15.4 Å². The predicted octanol–water partition coefficient (Wildman–Crippen LogP) is 3.74. The van der Waals surface area contributed by atoms with Gasteiger partial charge in [-0.25, -0.2) is 4.79 Å². The van der Waals surface area contributed by atoms with E-state index in [0.717, 1.165) is 49.8 Å². The van der Waals surface area contributed by atoms with Crippen LogP contribution in [0.15, 0.2) is 47.6 Å². The van der Waals surface area contributed by atoms with E-state index in [1.807, 2.05) is 30.2 Å². The van der Waals surface area contributed by atoms with E-state index in [4.69, 9.17) is 21.6 Å². The number of nitrogens with two attached hydrogens (primary N) is 1. The van der Waals surface area contributed by atoms with E-state index >= 15 is 0 Å². The van der Waals surface area contributed by atoms with Crippen molar-refractivity contribution < 1.29 is 27.4 Å². The lowest BCUT2D eigenvalue weighted by atomic mass is 10.0. The molecule has 1 atom stereocenters. The number of benzene rings is 1. The normalized spacial score (nSPS) is 16.9. The molecule has 6 nitrogen and oxygen atoms in total. The first-order chi connectivity index (χ1) is 15.2. The fourth-order valence-corrected chi connectivity index (χ4v) is 3.58. The van der Waals surface area contributed by atoms with Gasteiger partial charge in [0, 0.05) is 44.8 Å². The van der Waals surface area contributed by atoms with Crippen molar-refractivity contribution in [2.24, 2.45) is 5.73 Å². The van der Waals surface area contributed by atoms with Crippen LogP contribution in [0, 0.1) is 12.3 Å². The number of piperazine rings is 1. The molecule has 1 aliphatic rings. The lowest BCUT2D eigenvalue weighted by Crippen LogP contribution is -2.47. The van der Waals surface area contributed by atoms with E-state index in [2.05, 4.69) is 9.80 Å². The van der Waals surface area contributed by atoms with Gasteiger partial charge in [0.15, 0.2) is 0 Å². The zero-order chi connectivity index (χ0) is 23.7. The second kappa shape index (κ2) is 11.5. The number of ether oxygens (including phenoxy) is 2. The molecule has 0 bridgehead atoms. The van der Waals surface area contributed by atoms with Gasteiger partial charge in [0.2, 0.25) is 0 Å². The van der Waals surface area contributed by atoms with Crippen LogP contribution in [0.5, 0.6) is 5.75 Å². The van der Waals surface area contributed by atoms with Crippen LogP contribution in [0.2, 0.25) is 0 Å². The molecule has 0 radical (unpaired) electrons. The van der Waals surface area contributed by atoms with E-state index < -0.39 is 23.9 Å². The van der Waals surface area contributed by atoms with Gasteiger partial charge >= 0.3 is 12.3 Å². The zero-order valence-electron chi connectivity index (χ0n) is 18.2. The summed E-state index contributed by atoms with van der Waals surface area (Å²) in [6, 6.07) is 7.77. The summed E-state index contributed by atoms with van der Waals surface area (Å²) in [5, 5.41) is 0. The number of terminal acetylenes is 1. The molecule has 0 aromatic heterocycles. The van der Waals surface area contributed by atoms with Crippen LogP contribution in [0.1, 0.15) is 13.3 Å². The summed E-state index contributed by atoms with van der Waals surface area (Å²) >= 11 is 0. The second-order valence-electron chi connectivity index (χ2n) is 7.34. The summed E-state index contributed by atoms with van der Waals surface area (Å²) in [6.07, 6.45) is 0.136. The summed E-state index contributed by atoms with van der Waals surface area (Å²) in [7, 11) is 1.61. The molecule has 1 aromatic carbocycles. The van der Waals surface area contributed by atoms with Crippen molar-refractivity contribution in [3.63, 3.8) is 0 Å². The van der Waals surface area contributed by atoms with Crippen LogP contribution in [0.4, 0.5) is 23.7 Å². The van der Waals surface area contributed by atoms with E-state index in [1.165, 1.54) is 6.92 Å². The summed E-state index contributed by atoms with van der Waals surface area (Å²) in [5.41, 5.74) is 5.11. The van der Waals surface area contributed by atoms with Crippen molar-refractivity contribution in [1.29, 1.82) is 0 Å². The lowest BCUT2D eigenvalue weighted by molar-refractivity contribution is -0.0900. The average Bonchev–Trinajstić information content (AvgIpc) is 2.76. The Morgan fingerprint density at radius 1 is 1.25 bits per heavy atom. The molecule has 0 saturated carbocycles. The molecule has 1 aromatic rings. The van der Waals surface area contributed by atoms with Crippen LogP contribution in [-0.2, 0) is 4.74 Å². The van der Waals surface area contributed by atoms with Crippen molar-refractivity contribution in [3.8, 4) is 18.1 Å². The first-order valence-corrected chi connectivity index (χ1v) is 10.1. The monoisotopic (exact) mass is 451 g/mol. The van der Waals surface area contributed by atoms with Gasteiger partial charge in [-0.1, -0.05) is 5.92 Å². The minimum Gasteiger partial charge on any atom is -0.497 e. The zero-order valence-corrected chi connectivity index (χ0v) is 18.2. The molecule has 174 valence electrons. The fourth-order valence-electron chi connectivity index (χ4n) is 3.58. The predicted molar refractivity (Wildman–Crippen MR) is 117 cm³/mol. The number of amides is 1. The van der Waals surface area contributed by atoms with Gasteiger partial charge in [0.1, 0.15) is 11.9 Å². The van der Waals surface area contributed by atoms with Crippen molar-refractivity contribution in [2.45, 2.75) is 25.6 Å². The molecule has 1 aliphatic heterocycles. The first kappa shape index (κ1) is 25.1. The van der Waals surface area contributed by atoms with Gasteiger partial charge in [0.05, 0.1) is 12.7 Å². The van der Waals surface area contributed by atoms with Crippen molar-refractivity contribution in [2.75, 3.05) is 44.7 Å². The summed E-state index contributed by atoms with van der Waals surface area (Å²) < 4.78 is 50.6. The van der Waals surface area contributed by atoms with Gasteiger partial charge in [-0.05, 0) is 48.9 Å². The van der Waals surface area contributed by atoms with Gasteiger partial charge in [-0.2, -0.15) is 13.2 Å². The van der Waals surface area contributed by atoms with Crippen LogP contribution in [0.3, 0.4) is 0 Å². The fraction of sp³-hybridized carbons (Fsp3) is 0.435. The number of hydrogen-bond acceptors (Lipinski definition) is 5. The number of primary amides is 1. The molecular weight excluding hydrogens is 423 g/mol. The number of carbonyl (C=O) groups excluding carboxylic acids is 1. The Balaban J connectivity index is 2.03. The maximum atomic E-state index is 13.5. The standard InChI is InChI=1S/C23H28F3N3O3/c1-4-5-6-20(23(24,25)26)17(2)21(32-22(27)30)11-12-28-13-15-29(16-14-28)18-7-9-19(31-3)10-8-18/h1,5-10,21H,11-16H2,2-3H3,(H2,27,30)/b6-5-,20-17-. The highest BCUT2D eigenvalue weighted by Gasteiger charge is 2.36. The van der Waals surface area contributed by atoms with Crippen LogP contribution in [0.25, 0.3) is 0 Å². The van der Waals surface area contributed by atoms with Crippen molar-refractivity contribution >= 4 is 11.8 Å². The number of methoxy groups -OCH3 is 1. The molecule has 2 N–H and O–H groups in total. The molecule has 1 heterocycles. The highest BCUT2D eigenvalue weighted by Crippen LogP contribution is 2.32. The van der Waals surface area contributed by atoms with Crippen molar-refractivity contribution in [3.05, 3.63) is 47.6 Å². The number of carbonyl (C=O) groups is 1. The van der Waals surface area contributed by atoms with E-state index in [-0.39, 0.29) is 12.0 Å². The second-order valence-corrected chi connectivity index (χ2v) is 7.34. The van der Waals surface area contributed by atoms with E-state index in [1.54, 1.807) is 7.11 Å². The first-order valence-electron chi connectivity index (χ1n) is 10.1. The molecular formula is C23H28F3N3O3. The van der Waals surface area contributed by atoms with Crippen LogP contribution >= 0.6 is 0 Å². The molecule has 0 aliphatic carbocycles. The molecule has 2 rings (SSSR count). The van der Waals surface area contributed by atoms with Gasteiger partial charge in [-0.3, -0.25) is 4.90 Å². The van der Waals surface area contributed by atoms with Gasteiger partial charge in [0.25, 0.3) is 0 Å². The number of hydrogen-bond donors (Lipinski definition) is 1. The van der Waals surface area contributed by atoms with Gasteiger partial charge in [-0.15, -0.1) is 6.42 Å². The summed E-state index contributed by atoms with van der Waals surface area (Å²) in [6.45, 7) is 4.71. The smallest absolute Gasteiger partial charge is 0.416 e. The van der Waals surface area contributed by atoms with Crippen LogP contribution in [-0.4, -0.2) is 63.1 Å². The SMILES string of the molecule is C#C/C=C\C(=C(/C)C(CCN1CCN(c2ccc(OC)cc2)CC1)OC(N)=O)C(F)(F)F. The Labute approximate surface area is 186 Å². The molecule has 1 fully saturated rings. The third kappa shape index (κ3) is 7.24. The molecule has 0 spiro atoms. The third-order valence-corrected chi connectivity index (χ3v) is 5.34. The molecule has 1 unspecified atom stereocenters. The maximum absolute atomic E-state index is 13.5. The quantitative estimate of drug-likeness (QED) is 0.482. The highest BCUT2D eigenvalue weighted by molar-refractivity contribution is 5.65. The Bertz CT molecular complexity index is 865. The lowest BCUT2D eigenvalue weighted by Gasteiger charge is -2.36. The van der Waals surface area contributed by atoms with E-state index in [9.17, 15) is 18.0 Å². The number of nitrogens with zero attached hydrogens (tertiary/aromatic N) is 2. The third-order valence-electron chi connectivity index (χ3n) is 5.34. The summed E-state index contributed by atoms with van der Waals surface area (Å²) in [5.74, 6) is 2.83. The van der Waals surface area contributed by atoms with Crippen molar-refractivity contribution in [1.82, 2.24) is 4.90 Å². The largest absolute Gasteiger partial charge is 0.497 e. The number of rotatable bonds is 8. The Morgan fingerprint density at radius 3 is 2.38 bits per heavy atom. The minimum absolute atomic E-state index is 0.139. The maximum Gasteiger partial charge on any atom is 0.416 e. The van der Waals surface area contributed by atoms with Gasteiger partial charge < -0.3 is 20.1 Å². The number of anilines is 1. The number of allylic oxidation sites excluding steroid dienone is 3. The average molecular weight is 451 g/mol. The number of halogens is 3. The Hall–Kier alpha value is -3.12.